The van der Waals surface area contributed by atoms with E-state index in [4.69, 9.17) is 13.7 Å². The Kier molecular flexibility index (Phi) is 5.42. The van der Waals surface area contributed by atoms with Crippen molar-refractivity contribution < 1.29 is 22.9 Å². The third-order valence-corrected chi connectivity index (χ3v) is 4.08. The highest BCUT2D eigenvalue weighted by Gasteiger charge is 2.13. The van der Waals surface area contributed by atoms with Gasteiger partial charge in [0.1, 0.15) is 5.82 Å². The molecule has 0 bridgehead atoms. The maximum Gasteiger partial charge on any atom is 0.306 e. The second-order valence-electron chi connectivity index (χ2n) is 6.16. The number of hydrogen-bond donors (Lipinski definition) is 0. The van der Waals surface area contributed by atoms with E-state index in [-0.39, 0.29) is 31.2 Å². The number of hydrogen-bond acceptors (Lipinski definition) is 7. The normalized spacial score (nSPS) is 10.8. The van der Waals surface area contributed by atoms with Gasteiger partial charge in [0.2, 0.25) is 5.82 Å². The molecule has 2 aromatic carbocycles. The minimum absolute atomic E-state index is 0.0864. The average Bonchev–Trinajstić information content (AvgIpc) is 3.42. The Morgan fingerprint density at radius 1 is 1.00 bits per heavy atom. The third kappa shape index (κ3) is 4.73. The van der Waals surface area contributed by atoms with Gasteiger partial charge in [-0.05, 0) is 24.3 Å². The average molecular weight is 393 g/mol. The lowest BCUT2D eigenvalue weighted by atomic mass is 10.2. The van der Waals surface area contributed by atoms with Crippen LogP contribution in [0.5, 0.6) is 0 Å². The number of ether oxygens (including phenoxy) is 1. The van der Waals surface area contributed by atoms with Crippen LogP contribution in [-0.2, 0) is 22.6 Å². The fourth-order valence-corrected chi connectivity index (χ4v) is 2.61. The summed E-state index contributed by atoms with van der Waals surface area (Å²) in [6, 6.07) is 15.2. The fraction of sp³-hybridized carbons (Fsp3) is 0.143. The number of benzene rings is 2. The lowest BCUT2D eigenvalue weighted by molar-refractivity contribution is -0.145. The molecular formula is C21H16FN3O4. The van der Waals surface area contributed by atoms with Crippen molar-refractivity contribution in [2.45, 2.75) is 19.4 Å². The first-order valence-electron chi connectivity index (χ1n) is 8.91. The number of aryl methyl sites for hydroxylation is 1. The number of nitrogens with zero attached hydrogens (tertiary/aromatic N) is 3. The molecule has 2 aromatic heterocycles. The number of carbonyl (C=O) groups excluding carboxylic acids is 1. The number of oxazole rings is 1. The summed E-state index contributed by atoms with van der Waals surface area (Å²) in [7, 11) is 0. The molecule has 0 aliphatic carbocycles. The summed E-state index contributed by atoms with van der Waals surface area (Å²) in [6.45, 7) is -0.106. The van der Waals surface area contributed by atoms with E-state index in [1.165, 1.54) is 18.3 Å². The monoisotopic (exact) mass is 393 g/mol. The molecule has 29 heavy (non-hydrogen) atoms. The molecule has 0 aliphatic rings. The largest absolute Gasteiger partial charge is 0.456 e. The van der Waals surface area contributed by atoms with Crippen LogP contribution in [-0.4, -0.2) is 21.1 Å². The fourth-order valence-electron chi connectivity index (χ4n) is 2.61. The molecule has 0 aliphatic heterocycles. The molecular weight excluding hydrogens is 377 g/mol. The number of carbonyl (C=O) groups is 1. The van der Waals surface area contributed by atoms with Crippen molar-refractivity contribution in [1.82, 2.24) is 15.1 Å². The van der Waals surface area contributed by atoms with Crippen molar-refractivity contribution in [3.63, 3.8) is 0 Å². The van der Waals surface area contributed by atoms with Gasteiger partial charge in [-0.2, -0.15) is 4.98 Å². The van der Waals surface area contributed by atoms with Crippen molar-refractivity contribution in [3.8, 4) is 22.7 Å². The molecule has 0 saturated carbocycles. The summed E-state index contributed by atoms with van der Waals surface area (Å²) >= 11 is 0. The molecule has 0 saturated heterocycles. The lowest BCUT2D eigenvalue weighted by Gasteiger charge is -2.00. The molecule has 4 aromatic rings. The van der Waals surface area contributed by atoms with Gasteiger partial charge in [-0.25, -0.2) is 9.37 Å². The Morgan fingerprint density at radius 2 is 1.79 bits per heavy atom. The van der Waals surface area contributed by atoms with Gasteiger partial charge in [0.15, 0.2) is 18.3 Å². The Bertz CT molecular complexity index is 1090. The highest BCUT2D eigenvalue weighted by molar-refractivity contribution is 5.69. The van der Waals surface area contributed by atoms with Crippen LogP contribution in [0.25, 0.3) is 22.7 Å². The molecule has 146 valence electrons. The van der Waals surface area contributed by atoms with Crippen LogP contribution < -0.4 is 0 Å². The molecule has 0 unspecified atom stereocenters. The van der Waals surface area contributed by atoms with Gasteiger partial charge in [-0.15, -0.1) is 0 Å². The van der Waals surface area contributed by atoms with E-state index in [1.807, 2.05) is 30.3 Å². The summed E-state index contributed by atoms with van der Waals surface area (Å²) < 4.78 is 28.8. The van der Waals surface area contributed by atoms with Crippen LogP contribution in [0.15, 0.2) is 69.7 Å². The van der Waals surface area contributed by atoms with Crippen LogP contribution in [0, 0.1) is 5.82 Å². The maximum atomic E-state index is 13.0. The van der Waals surface area contributed by atoms with E-state index >= 15 is 0 Å². The SMILES string of the molecule is O=C(CCc1ncc(-c2ccc(F)cc2)o1)OCc1nc(-c2ccccc2)no1. The molecule has 0 atom stereocenters. The van der Waals surface area contributed by atoms with Gasteiger partial charge in [-0.3, -0.25) is 4.79 Å². The van der Waals surface area contributed by atoms with Crippen LogP contribution in [0.4, 0.5) is 4.39 Å². The zero-order valence-corrected chi connectivity index (χ0v) is 15.2. The summed E-state index contributed by atoms with van der Waals surface area (Å²) in [5.41, 5.74) is 1.52. The van der Waals surface area contributed by atoms with E-state index in [2.05, 4.69) is 15.1 Å². The first-order chi connectivity index (χ1) is 14.2. The standard InChI is InChI=1S/C21H16FN3O4/c22-16-8-6-14(7-9-16)17-12-23-18(28-17)10-11-20(26)27-13-19-24-21(25-29-19)15-4-2-1-3-5-15/h1-9,12H,10-11,13H2. The van der Waals surface area contributed by atoms with Crippen molar-refractivity contribution in [1.29, 1.82) is 0 Å². The Balaban J connectivity index is 1.27. The molecule has 0 amide bonds. The van der Waals surface area contributed by atoms with Crippen LogP contribution in [0.1, 0.15) is 18.2 Å². The van der Waals surface area contributed by atoms with Crippen molar-refractivity contribution in [3.05, 3.63) is 78.4 Å². The quantitative estimate of drug-likeness (QED) is 0.434. The van der Waals surface area contributed by atoms with Crippen LogP contribution in [0.2, 0.25) is 0 Å². The van der Waals surface area contributed by atoms with Crippen LogP contribution in [0.3, 0.4) is 0 Å². The molecule has 0 fully saturated rings. The topological polar surface area (TPSA) is 91.2 Å². The summed E-state index contributed by atoms with van der Waals surface area (Å²) in [6.07, 6.45) is 1.90. The molecule has 0 spiro atoms. The number of aromatic nitrogens is 3. The second-order valence-corrected chi connectivity index (χ2v) is 6.16. The first-order valence-corrected chi connectivity index (χ1v) is 8.91. The Hall–Kier alpha value is -3.81. The van der Waals surface area contributed by atoms with Gasteiger partial charge >= 0.3 is 5.97 Å². The van der Waals surface area contributed by atoms with E-state index < -0.39 is 5.97 Å². The van der Waals surface area contributed by atoms with E-state index in [9.17, 15) is 9.18 Å². The number of rotatable bonds is 7. The smallest absolute Gasteiger partial charge is 0.306 e. The van der Waals surface area contributed by atoms with E-state index in [1.54, 1.807) is 12.1 Å². The molecule has 7 nitrogen and oxygen atoms in total. The second kappa shape index (κ2) is 8.47. The van der Waals surface area contributed by atoms with Gasteiger partial charge in [0.05, 0.1) is 12.6 Å². The number of halogens is 1. The zero-order valence-electron chi connectivity index (χ0n) is 15.2. The van der Waals surface area contributed by atoms with Crippen molar-refractivity contribution in [2.24, 2.45) is 0 Å². The first kappa shape index (κ1) is 18.5. The van der Waals surface area contributed by atoms with E-state index in [0.29, 0.717) is 23.0 Å². The zero-order chi connectivity index (χ0) is 20.1. The Morgan fingerprint density at radius 3 is 2.59 bits per heavy atom. The Labute approximate surface area is 165 Å². The maximum absolute atomic E-state index is 13.0. The molecule has 8 heteroatoms. The van der Waals surface area contributed by atoms with Gasteiger partial charge in [0.25, 0.3) is 5.89 Å². The predicted molar refractivity (Wildman–Crippen MR) is 99.7 cm³/mol. The van der Waals surface area contributed by atoms with Crippen LogP contribution >= 0.6 is 0 Å². The third-order valence-electron chi connectivity index (χ3n) is 4.08. The van der Waals surface area contributed by atoms with E-state index in [0.717, 1.165) is 5.56 Å². The highest BCUT2D eigenvalue weighted by atomic mass is 19.1. The summed E-state index contributed by atoms with van der Waals surface area (Å²) in [5.74, 6) is 0.786. The lowest BCUT2D eigenvalue weighted by Crippen LogP contribution is -2.06. The minimum Gasteiger partial charge on any atom is -0.456 e. The van der Waals surface area contributed by atoms with Crippen molar-refractivity contribution in [2.75, 3.05) is 0 Å². The summed E-state index contributed by atoms with van der Waals surface area (Å²) in [5, 5.41) is 3.87. The molecule has 0 N–H and O–H groups in total. The van der Waals surface area contributed by atoms with Gasteiger partial charge in [0, 0.05) is 17.5 Å². The van der Waals surface area contributed by atoms with Crippen molar-refractivity contribution >= 4 is 5.97 Å². The molecule has 2 heterocycles. The van der Waals surface area contributed by atoms with Gasteiger partial charge < -0.3 is 13.7 Å². The summed E-state index contributed by atoms with van der Waals surface area (Å²) in [4.78, 5) is 20.3. The minimum atomic E-state index is -0.439. The predicted octanol–water partition coefficient (Wildman–Crippen LogP) is 4.21. The highest BCUT2D eigenvalue weighted by Crippen LogP contribution is 2.21. The molecule has 0 radical (unpaired) electrons. The number of esters is 1. The molecule has 4 rings (SSSR count). The van der Waals surface area contributed by atoms with Gasteiger partial charge in [-0.1, -0.05) is 35.5 Å².